The maximum atomic E-state index is 13.7. The Morgan fingerprint density at radius 3 is 2.53 bits per heavy atom. The van der Waals surface area contributed by atoms with Gasteiger partial charge in [0.25, 0.3) is 5.91 Å². The molecule has 4 atom stereocenters. The van der Waals surface area contributed by atoms with Gasteiger partial charge in [0.2, 0.25) is 23.6 Å². The number of carbonyl (C=O) groups is 5. The Hall–Kier alpha value is -4.78. The number of amides is 5. The smallest absolute Gasteiger partial charge is 0.287 e. The van der Waals surface area contributed by atoms with Gasteiger partial charge in [-0.15, -0.1) is 0 Å². The zero-order chi connectivity index (χ0) is 35.2. The van der Waals surface area contributed by atoms with Crippen molar-refractivity contribution < 1.29 is 37.9 Å². The number of hydrogen-bond donors (Lipinski definition) is 4. The third-order valence-electron chi connectivity index (χ3n) is 8.56. The number of hydrogen-bond acceptors (Lipinski definition) is 8. The van der Waals surface area contributed by atoms with Gasteiger partial charge in [-0.2, -0.15) is 0 Å². The summed E-state index contributed by atoms with van der Waals surface area (Å²) in [5.74, 6) is -1.59. The lowest BCUT2D eigenvalue weighted by molar-refractivity contribution is -0.142. The molecule has 262 valence electrons. The number of methoxy groups -OCH3 is 1. The van der Waals surface area contributed by atoms with Crippen molar-refractivity contribution in [2.75, 3.05) is 26.8 Å². The zero-order valence-corrected chi connectivity index (χ0v) is 28.7. The van der Waals surface area contributed by atoms with E-state index in [1.54, 1.807) is 36.4 Å². The number of halogens is 1. The Labute approximate surface area is 289 Å². The molecule has 0 aliphatic carbocycles. The van der Waals surface area contributed by atoms with E-state index >= 15 is 0 Å². The van der Waals surface area contributed by atoms with Crippen molar-refractivity contribution in [3.8, 4) is 11.5 Å². The van der Waals surface area contributed by atoms with Crippen molar-refractivity contribution in [1.29, 1.82) is 0 Å². The maximum Gasteiger partial charge on any atom is 0.287 e. The summed E-state index contributed by atoms with van der Waals surface area (Å²) >= 11 is 6.19. The molecule has 3 aromatic rings. The summed E-state index contributed by atoms with van der Waals surface area (Å²) in [5, 5.41) is 12.1. The largest absolute Gasteiger partial charge is 0.493 e. The first-order valence-corrected chi connectivity index (χ1v) is 16.8. The monoisotopic (exact) mass is 695 g/mol. The number of benzene rings is 2. The van der Waals surface area contributed by atoms with Crippen molar-refractivity contribution in [1.82, 2.24) is 26.2 Å². The van der Waals surface area contributed by atoms with Gasteiger partial charge in [-0.3, -0.25) is 24.0 Å². The Morgan fingerprint density at radius 2 is 1.82 bits per heavy atom. The number of carbonyl (C=O) groups excluding carboxylic acids is 5. The van der Waals surface area contributed by atoms with Crippen LogP contribution in [0.15, 0.2) is 46.9 Å². The van der Waals surface area contributed by atoms with E-state index in [4.69, 9.17) is 25.5 Å². The Kier molecular flexibility index (Phi) is 11.3. The number of fused-ring (bicyclic) bond motifs is 15. The topological polar surface area (TPSA) is 168 Å². The predicted octanol–water partition coefficient (Wildman–Crippen LogP) is 2.97. The number of nitrogens with one attached hydrogen (secondary N) is 4. The highest BCUT2D eigenvalue weighted by Crippen LogP contribution is 2.32. The summed E-state index contributed by atoms with van der Waals surface area (Å²) in [6.45, 7) is 6.19. The van der Waals surface area contributed by atoms with E-state index < -0.39 is 41.9 Å². The van der Waals surface area contributed by atoms with E-state index in [0.29, 0.717) is 58.9 Å². The second kappa shape index (κ2) is 15.6. The van der Waals surface area contributed by atoms with Crippen LogP contribution >= 0.6 is 11.6 Å². The van der Waals surface area contributed by atoms with Gasteiger partial charge in [0.15, 0.2) is 17.1 Å². The van der Waals surface area contributed by atoms with Gasteiger partial charge in [0.1, 0.15) is 36.5 Å². The first-order valence-electron chi connectivity index (χ1n) is 16.4. The first-order chi connectivity index (χ1) is 23.4. The lowest BCUT2D eigenvalue weighted by Crippen LogP contribution is -2.58. The third-order valence-corrected chi connectivity index (χ3v) is 8.78. The van der Waals surface area contributed by atoms with Crippen LogP contribution in [0.4, 0.5) is 0 Å². The number of rotatable bonds is 5. The van der Waals surface area contributed by atoms with Gasteiger partial charge in [-0.05, 0) is 61.9 Å². The van der Waals surface area contributed by atoms with Gasteiger partial charge >= 0.3 is 0 Å². The zero-order valence-electron chi connectivity index (χ0n) is 28.0. The van der Waals surface area contributed by atoms with Crippen LogP contribution in [0.2, 0.25) is 5.02 Å². The van der Waals surface area contributed by atoms with E-state index in [-0.39, 0.29) is 43.1 Å². The van der Waals surface area contributed by atoms with Gasteiger partial charge < -0.3 is 40.1 Å². The van der Waals surface area contributed by atoms with Crippen LogP contribution in [0, 0.1) is 5.92 Å². The number of nitrogens with zero attached hydrogens (tertiary/aromatic N) is 1. The third kappa shape index (κ3) is 8.63. The second-order valence-electron chi connectivity index (χ2n) is 12.8. The molecular formula is C35H42ClN5O8. The van der Waals surface area contributed by atoms with Gasteiger partial charge in [0.05, 0.1) is 13.7 Å². The van der Waals surface area contributed by atoms with E-state index in [1.807, 2.05) is 13.8 Å². The molecule has 4 heterocycles. The molecule has 1 aromatic heterocycles. The Morgan fingerprint density at radius 1 is 1.06 bits per heavy atom. The molecule has 6 rings (SSSR count). The van der Waals surface area contributed by atoms with E-state index in [1.165, 1.54) is 25.0 Å². The van der Waals surface area contributed by atoms with Crippen molar-refractivity contribution in [2.45, 2.75) is 70.6 Å². The molecule has 2 aromatic carbocycles. The Balaban J connectivity index is 1.41. The minimum absolute atomic E-state index is 0.0524. The quantitative estimate of drug-likeness (QED) is 0.316. The molecule has 0 radical (unpaired) electrons. The molecule has 3 aliphatic rings. The molecule has 0 spiro atoms. The van der Waals surface area contributed by atoms with Crippen LogP contribution in [0.1, 0.15) is 56.2 Å². The normalized spacial score (nSPS) is 22.6. The molecule has 0 unspecified atom stereocenters. The highest BCUT2D eigenvalue weighted by molar-refractivity contribution is 6.31. The Bertz CT molecular complexity index is 1710. The summed E-state index contributed by atoms with van der Waals surface area (Å²) in [7, 11) is 1.46. The van der Waals surface area contributed by atoms with E-state index in [2.05, 4.69) is 21.3 Å². The SMILES string of the molecule is COc1cc(Cl)cc2cc(C(=O)N[C@H]3Cc4ccc(cc4)OCCNC(=O)[C@H]4CCCN4C(=O)[C@H](CC(C)C)NC(=O)[C@@H](C)NC3=O)oc12. The molecule has 5 amide bonds. The summed E-state index contributed by atoms with van der Waals surface area (Å²) in [4.78, 5) is 69.0. The standard InChI is InChI=1S/C35H42ClN5O8/c1-19(2)14-26-35(46)41-12-5-6-27(41)33(44)37-11-13-48-24-9-7-21(8-10-24)15-25(32(43)38-20(3)31(42)40-26)39-34(45)29-17-22-16-23(36)18-28(47-4)30(22)49-29/h7-10,16-20,25-27H,5-6,11-15H2,1-4H3,(H,37,44)(H,38,43)(H,39,45)(H,40,42)/t20-,25+,26+,27-/m1/s1. The fourth-order valence-electron chi connectivity index (χ4n) is 6.08. The highest BCUT2D eigenvalue weighted by Gasteiger charge is 2.38. The second-order valence-corrected chi connectivity index (χ2v) is 13.2. The molecular weight excluding hydrogens is 654 g/mol. The van der Waals surface area contributed by atoms with Crippen LogP contribution in [-0.4, -0.2) is 85.4 Å². The summed E-state index contributed by atoms with van der Waals surface area (Å²) in [6.07, 6.45) is 1.58. The number of furan rings is 1. The average Bonchev–Trinajstić information content (AvgIpc) is 3.73. The van der Waals surface area contributed by atoms with E-state index in [0.717, 1.165) is 0 Å². The van der Waals surface area contributed by atoms with Crippen LogP contribution in [-0.2, 0) is 25.6 Å². The average molecular weight is 696 g/mol. The lowest BCUT2D eigenvalue weighted by Gasteiger charge is -2.30. The fraction of sp³-hybridized carbons (Fsp3) is 0.457. The van der Waals surface area contributed by atoms with Gasteiger partial charge in [-0.1, -0.05) is 37.6 Å². The van der Waals surface area contributed by atoms with Crippen LogP contribution < -0.4 is 30.7 Å². The van der Waals surface area contributed by atoms with Gasteiger partial charge in [-0.25, -0.2) is 0 Å². The van der Waals surface area contributed by atoms with E-state index in [9.17, 15) is 24.0 Å². The number of ether oxygens (including phenoxy) is 2. The van der Waals surface area contributed by atoms with Crippen molar-refractivity contribution in [3.05, 3.63) is 58.8 Å². The first kappa shape index (κ1) is 35.5. The minimum Gasteiger partial charge on any atom is -0.493 e. The van der Waals surface area contributed by atoms with Crippen LogP contribution in [0.25, 0.3) is 11.0 Å². The molecule has 2 bridgehead atoms. The van der Waals surface area contributed by atoms with Crippen molar-refractivity contribution in [2.24, 2.45) is 5.92 Å². The molecule has 14 heteroatoms. The van der Waals surface area contributed by atoms with Crippen LogP contribution in [0.5, 0.6) is 11.5 Å². The molecule has 13 nitrogen and oxygen atoms in total. The summed E-state index contributed by atoms with van der Waals surface area (Å²) in [5.41, 5.74) is 1.03. The molecule has 0 saturated carbocycles. The summed E-state index contributed by atoms with van der Waals surface area (Å²) in [6, 6.07) is 7.94. The minimum atomic E-state index is -1.12. The molecule has 1 fully saturated rings. The molecule has 3 aliphatic heterocycles. The van der Waals surface area contributed by atoms with Crippen LogP contribution in [0.3, 0.4) is 0 Å². The van der Waals surface area contributed by atoms with Crippen molar-refractivity contribution >= 4 is 52.1 Å². The van der Waals surface area contributed by atoms with Gasteiger partial charge in [0, 0.05) is 29.4 Å². The maximum absolute atomic E-state index is 13.7. The summed E-state index contributed by atoms with van der Waals surface area (Å²) < 4.78 is 17.0. The fourth-order valence-corrected chi connectivity index (χ4v) is 6.30. The molecule has 1 saturated heterocycles. The highest BCUT2D eigenvalue weighted by atomic mass is 35.5. The lowest BCUT2D eigenvalue weighted by atomic mass is 10.0. The van der Waals surface area contributed by atoms with Crippen molar-refractivity contribution in [3.63, 3.8) is 0 Å². The molecule has 4 N–H and O–H groups in total. The molecule has 49 heavy (non-hydrogen) atoms. The predicted molar refractivity (Wildman–Crippen MR) is 181 cm³/mol.